The van der Waals surface area contributed by atoms with Gasteiger partial charge in [0.15, 0.2) is 5.17 Å². The van der Waals surface area contributed by atoms with Gasteiger partial charge in [-0.05, 0) is 54.2 Å². The van der Waals surface area contributed by atoms with Crippen LogP contribution in [0.4, 0.5) is 5.69 Å². The summed E-state index contributed by atoms with van der Waals surface area (Å²) in [4.78, 5) is 30.4. The van der Waals surface area contributed by atoms with Crippen molar-refractivity contribution in [3.05, 3.63) is 98.4 Å². The van der Waals surface area contributed by atoms with Gasteiger partial charge in [-0.2, -0.15) is 0 Å². The number of hydrogen-bond acceptors (Lipinski definition) is 5. The molecule has 34 heavy (non-hydrogen) atoms. The Morgan fingerprint density at radius 3 is 2.68 bits per heavy atom. The van der Waals surface area contributed by atoms with Gasteiger partial charge in [-0.25, -0.2) is 9.79 Å². The highest BCUT2D eigenvalue weighted by molar-refractivity contribution is 8.18. The fourth-order valence-electron chi connectivity index (χ4n) is 3.14. The topological polar surface area (TPSA) is 79.2 Å². The van der Waals surface area contributed by atoms with Crippen molar-refractivity contribution in [1.29, 1.82) is 0 Å². The van der Waals surface area contributed by atoms with Crippen LogP contribution in [0.1, 0.15) is 21.5 Å². The number of carboxylic acid groups (broad SMARTS) is 1. The Morgan fingerprint density at radius 2 is 1.91 bits per heavy atom. The van der Waals surface area contributed by atoms with Gasteiger partial charge in [-0.1, -0.05) is 53.5 Å². The predicted molar refractivity (Wildman–Crippen MR) is 136 cm³/mol. The molecule has 1 aliphatic rings. The summed E-state index contributed by atoms with van der Waals surface area (Å²) in [5.74, 6) is -0.659. The first-order valence-corrected chi connectivity index (χ1v) is 11.6. The van der Waals surface area contributed by atoms with E-state index in [4.69, 9.17) is 27.9 Å². The summed E-state index contributed by atoms with van der Waals surface area (Å²) in [7, 11) is 1.63. The molecule has 0 aromatic heterocycles. The van der Waals surface area contributed by atoms with Gasteiger partial charge >= 0.3 is 5.97 Å². The molecule has 3 aromatic rings. The van der Waals surface area contributed by atoms with Crippen LogP contribution >= 0.6 is 35.0 Å². The number of amidine groups is 1. The number of hydrogen-bond donors (Lipinski definition) is 1. The van der Waals surface area contributed by atoms with Crippen LogP contribution in [-0.4, -0.2) is 34.1 Å². The quantitative estimate of drug-likeness (QED) is 0.381. The van der Waals surface area contributed by atoms with Crippen molar-refractivity contribution in [2.75, 3.05) is 7.05 Å². The van der Waals surface area contributed by atoms with Crippen LogP contribution in [0.5, 0.6) is 5.75 Å². The number of aliphatic imine (C=N–C) groups is 1. The van der Waals surface area contributed by atoms with Crippen molar-refractivity contribution in [3.63, 3.8) is 0 Å². The second-order valence-electron chi connectivity index (χ2n) is 7.29. The summed E-state index contributed by atoms with van der Waals surface area (Å²) >= 11 is 13.4. The zero-order chi connectivity index (χ0) is 24.2. The van der Waals surface area contributed by atoms with Crippen molar-refractivity contribution in [2.45, 2.75) is 6.61 Å². The molecular weight excluding hydrogens is 495 g/mol. The number of carbonyl (C=O) groups excluding carboxylic acids is 1. The largest absolute Gasteiger partial charge is 0.488 e. The first kappa shape index (κ1) is 23.9. The predicted octanol–water partition coefficient (Wildman–Crippen LogP) is 6.50. The summed E-state index contributed by atoms with van der Waals surface area (Å²) < 4.78 is 5.98. The minimum atomic E-state index is -1.04. The molecule has 1 saturated heterocycles. The Kier molecular flexibility index (Phi) is 7.26. The normalized spacial score (nSPS) is 15.9. The number of amides is 1. The Hall–Kier alpha value is -3.26. The molecule has 0 unspecified atom stereocenters. The first-order valence-electron chi connectivity index (χ1n) is 10.1. The highest BCUT2D eigenvalue weighted by atomic mass is 35.5. The molecule has 0 aliphatic carbocycles. The Morgan fingerprint density at radius 1 is 1.12 bits per heavy atom. The maximum Gasteiger partial charge on any atom is 0.335 e. The number of carboxylic acids is 1. The molecule has 1 aliphatic heterocycles. The molecule has 0 atom stereocenters. The Balaban J connectivity index is 1.57. The van der Waals surface area contributed by atoms with Gasteiger partial charge in [0.2, 0.25) is 0 Å². The molecule has 0 bridgehead atoms. The monoisotopic (exact) mass is 512 g/mol. The SMILES string of the molecule is CN1C(=O)C(=Cc2ccccc2OCc2ccc(Cl)cc2Cl)SC1=Nc1cccc(C(=O)O)c1. The van der Waals surface area contributed by atoms with E-state index in [0.29, 0.717) is 31.6 Å². The third kappa shape index (κ3) is 5.44. The third-order valence-corrected chi connectivity index (χ3v) is 6.57. The molecule has 0 radical (unpaired) electrons. The number of aromatic carboxylic acids is 1. The number of para-hydroxylation sites is 1. The van der Waals surface area contributed by atoms with E-state index < -0.39 is 5.97 Å². The van der Waals surface area contributed by atoms with Crippen molar-refractivity contribution in [3.8, 4) is 5.75 Å². The lowest BCUT2D eigenvalue weighted by molar-refractivity contribution is -0.121. The zero-order valence-corrected chi connectivity index (χ0v) is 20.2. The van der Waals surface area contributed by atoms with Gasteiger partial charge in [0.1, 0.15) is 12.4 Å². The molecule has 9 heteroatoms. The molecule has 1 N–H and O–H groups in total. The maximum absolute atomic E-state index is 12.8. The number of benzene rings is 3. The lowest BCUT2D eigenvalue weighted by Crippen LogP contribution is -2.23. The summed E-state index contributed by atoms with van der Waals surface area (Å²) in [6, 6.07) is 18.8. The summed E-state index contributed by atoms with van der Waals surface area (Å²) in [6.07, 6.45) is 1.75. The van der Waals surface area contributed by atoms with Crippen LogP contribution in [-0.2, 0) is 11.4 Å². The molecule has 4 rings (SSSR count). The summed E-state index contributed by atoms with van der Waals surface area (Å²) in [5.41, 5.74) is 2.09. The number of rotatable bonds is 6. The maximum atomic E-state index is 12.8. The molecule has 1 amide bonds. The lowest BCUT2D eigenvalue weighted by atomic mass is 10.1. The number of thioether (sulfide) groups is 1. The van der Waals surface area contributed by atoms with Crippen molar-refractivity contribution >= 4 is 63.8 Å². The van der Waals surface area contributed by atoms with Gasteiger partial charge in [0, 0.05) is 28.2 Å². The van der Waals surface area contributed by atoms with E-state index >= 15 is 0 Å². The van der Waals surface area contributed by atoms with Crippen LogP contribution < -0.4 is 4.74 Å². The second-order valence-corrected chi connectivity index (χ2v) is 9.14. The number of ether oxygens (including phenoxy) is 1. The second kappa shape index (κ2) is 10.3. The van der Waals surface area contributed by atoms with E-state index in [-0.39, 0.29) is 18.1 Å². The van der Waals surface area contributed by atoms with Crippen molar-refractivity contribution < 1.29 is 19.4 Å². The van der Waals surface area contributed by atoms with Gasteiger partial charge in [0.05, 0.1) is 16.2 Å². The first-order chi connectivity index (χ1) is 16.3. The van der Waals surface area contributed by atoms with Gasteiger partial charge in [0.25, 0.3) is 5.91 Å². The number of nitrogens with zero attached hydrogens (tertiary/aromatic N) is 2. The highest BCUT2D eigenvalue weighted by Crippen LogP contribution is 2.35. The number of likely N-dealkylation sites (N-methyl/N-ethyl adjacent to an activating group) is 1. The zero-order valence-electron chi connectivity index (χ0n) is 17.9. The third-order valence-electron chi connectivity index (χ3n) is 4.93. The average Bonchev–Trinajstić information content (AvgIpc) is 3.07. The van der Waals surface area contributed by atoms with E-state index in [1.807, 2.05) is 24.3 Å². The van der Waals surface area contributed by atoms with Crippen molar-refractivity contribution in [2.24, 2.45) is 4.99 Å². The average molecular weight is 513 g/mol. The minimum Gasteiger partial charge on any atom is -0.488 e. The van der Waals surface area contributed by atoms with Gasteiger partial charge in [-0.3, -0.25) is 9.69 Å². The molecule has 3 aromatic carbocycles. The van der Waals surface area contributed by atoms with E-state index in [9.17, 15) is 14.7 Å². The molecule has 1 fully saturated rings. The lowest BCUT2D eigenvalue weighted by Gasteiger charge is -2.11. The van der Waals surface area contributed by atoms with Crippen LogP contribution in [0.3, 0.4) is 0 Å². The van der Waals surface area contributed by atoms with E-state index in [2.05, 4.69) is 4.99 Å². The van der Waals surface area contributed by atoms with Crippen molar-refractivity contribution in [1.82, 2.24) is 4.90 Å². The molecule has 0 spiro atoms. The summed E-state index contributed by atoms with van der Waals surface area (Å²) in [6.45, 7) is 0.240. The molecule has 0 saturated carbocycles. The van der Waals surface area contributed by atoms with Crippen LogP contribution in [0.2, 0.25) is 10.0 Å². The molecule has 1 heterocycles. The molecular formula is C25H18Cl2N2O4S. The van der Waals surface area contributed by atoms with Gasteiger partial charge < -0.3 is 9.84 Å². The highest BCUT2D eigenvalue weighted by Gasteiger charge is 2.30. The van der Waals surface area contributed by atoms with E-state index in [0.717, 1.165) is 11.1 Å². The number of halogens is 2. The van der Waals surface area contributed by atoms with Crippen LogP contribution in [0.25, 0.3) is 6.08 Å². The minimum absolute atomic E-state index is 0.126. The number of carbonyl (C=O) groups is 2. The Bertz CT molecular complexity index is 1340. The smallest absolute Gasteiger partial charge is 0.335 e. The van der Waals surface area contributed by atoms with Crippen LogP contribution in [0.15, 0.2) is 76.6 Å². The molecule has 6 nitrogen and oxygen atoms in total. The standard InChI is InChI=1S/C25H18Cl2N2O4S/c1-29-23(30)22(34-25(29)28-19-7-4-6-16(11-19)24(31)32)12-15-5-2-3-8-21(15)33-14-17-9-10-18(26)13-20(17)27/h2-13H,14H2,1H3,(H,31,32). The fraction of sp³-hybridized carbons (Fsp3) is 0.0800. The summed E-state index contributed by atoms with van der Waals surface area (Å²) in [5, 5.41) is 10.7. The fourth-order valence-corrected chi connectivity index (χ4v) is 4.58. The van der Waals surface area contributed by atoms with Gasteiger partial charge in [-0.15, -0.1) is 0 Å². The molecule has 172 valence electrons. The van der Waals surface area contributed by atoms with E-state index in [1.54, 1.807) is 43.5 Å². The Labute approximate surface area is 210 Å². The van der Waals surface area contributed by atoms with E-state index in [1.165, 1.54) is 28.8 Å². The van der Waals surface area contributed by atoms with Crippen LogP contribution in [0, 0.1) is 0 Å².